The summed E-state index contributed by atoms with van der Waals surface area (Å²) in [6.45, 7) is 4.13. The number of hydrogen-bond donors (Lipinski definition) is 0. The minimum absolute atomic E-state index is 0.142. The predicted octanol–water partition coefficient (Wildman–Crippen LogP) is 3.12. The van der Waals surface area contributed by atoms with E-state index in [0.29, 0.717) is 0 Å². The highest BCUT2D eigenvalue weighted by atomic mass is 79.9. The van der Waals surface area contributed by atoms with E-state index >= 15 is 0 Å². The van der Waals surface area contributed by atoms with Crippen LogP contribution < -0.4 is 0 Å². The second kappa shape index (κ2) is 5.90. The first kappa shape index (κ1) is 10.2. The van der Waals surface area contributed by atoms with Crippen molar-refractivity contribution >= 4 is 20.6 Å². The molecule has 1 unspecified atom stereocenters. The molecule has 0 N–H and O–H groups in total. The summed E-state index contributed by atoms with van der Waals surface area (Å²) in [5, 5.41) is 0. The largest absolute Gasteiger partial charge is 0.286 e. The van der Waals surface area contributed by atoms with E-state index in [-0.39, 0.29) is 10.6 Å². The van der Waals surface area contributed by atoms with Gasteiger partial charge in [-0.3, -0.25) is 4.79 Å². The molecule has 0 saturated heterocycles. The molecule has 0 heterocycles. The zero-order valence-electron chi connectivity index (χ0n) is 6.69. The van der Waals surface area contributed by atoms with E-state index in [4.69, 9.17) is 0 Å². The molecule has 0 spiro atoms. The van der Waals surface area contributed by atoms with Gasteiger partial charge < -0.3 is 0 Å². The monoisotopic (exact) mass is 206 g/mol. The molecular weight excluding hydrogens is 192 g/mol. The van der Waals surface area contributed by atoms with Crippen LogP contribution in [0.4, 0.5) is 0 Å². The highest BCUT2D eigenvalue weighted by Crippen LogP contribution is 2.12. The van der Waals surface area contributed by atoms with Crippen LogP contribution in [0.5, 0.6) is 0 Å². The Hall–Kier alpha value is 0.150. The molecule has 0 saturated carbocycles. The van der Waals surface area contributed by atoms with Crippen LogP contribution in [0.25, 0.3) is 0 Å². The Kier molecular flexibility index (Phi) is 5.99. The molecule has 0 aromatic carbocycles. The normalized spacial score (nSPS) is 13.1. The summed E-state index contributed by atoms with van der Waals surface area (Å²) < 4.78 is 0.142. The van der Waals surface area contributed by atoms with E-state index in [1.807, 2.05) is 6.92 Å². The average Bonchev–Trinajstić information content (AvgIpc) is 1.88. The zero-order valence-corrected chi connectivity index (χ0v) is 8.28. The van der Waals surface area contributed by atoms with Crippen LogP contribution in [0, 0.1) is 5.92 Å². The molecule has 2 heteroatoms. The fourth-order valence-electron chi connectivity index (χ4n) is 0.814. The van der Waals surface area contributed by atoms with Gasteiger partial charge in [0.15, 0.2) is 0 Å². The van der Waals surface area contributed by atoms with Crippen molar-refractivity contribution < 1.29 is 4.79 Å². The molecule has 1 nitrogen and oxygen atoms in total. The summed E-state index contributed by atoms with van der Waals surface area (Å²) >= 11 is 2.95. The topological polar surface area (TPSA) is 17.1 Å². The average molecular weight is 207 g/mol. The lowest BCUT2D eigenvalue weighted by molar-refractivity contribution is -0.113. The lowest BCUT2D eigenvalue weighted by Gasteiger charge is -2.03. The molecule has 0 rings (SSSR count). The molecule has 0 aliphatic carbocycles. The zero-order chi connectivity index (χ0) is 7.98. The van der Waals surface area contributed by atoms with Crippen LogP contribution in [-0.4, -0.2) is 4.69 Å². The lowest BCUT2D eigenvalue weighted by Crippen LogP contribution is -2.02. The number of hydrogen-bond acceptors (Lipinski definition) is 1. The van der Waals surface area contributed by atoms with Crippen LogP contribution >= 0.6 is 15.9 Å². The Balaban J connectivity index is 3.21. The van der Waals surface area contributed by atoms with Crippen molar-refractivity contribution in [2.24, 2.45) is 5.92 Å². The molecule has 0 aliphatic rings. The van der Waals surface area contributed by atoms with E-state index in [9.17, 15) is 4.79 Å². The van der Waals surface area contributed by atoms with Crippen LogP contribution in [0.1, 0.15) is 39.5 Å². The Morgan fingerprint density at radius 3 is 2.50 bits per heavy atom. The van der Waals surface area contributed by atoms with E-state index in [1.54, 1.807) is 0 Å². The summed E-state index contributed by atoms with van der Waals surface area (Å²) in [5.41, 5.74) is 0. The van der Waals surface area contributed by atoms with Crippen LogP contribution in [0.2, 0.25) is 0 Å². The van der Waals surface area contributed by atoms with Gasteiger partial charge in [-0.2, -0.15) is 0 Å². The Bertz CT molecular complexity index is 101. The van der Waals surface area contributed by atoms with Gasteiger partial charge in [0.25, 0.3) is 0 Å². The second-order valence-corrected chi connectivity index (χ2v) is 3.48. The van der Waals surface area contributed by atoms with Crippen molar-refractivity contribution in [3.63, 3.8) is 0 Å². The molecule has 0 fully saturated rings. The van der Waals surface area contributed by atoms with Crippen LogP contribution in [-0.2, 0) is 4.79 Å². The Morgan fingerprint density at radius 1 is 1.50 bits per heavy atom. The molecule has 60 valence electrons. The molecule has 0 bridgehead atoms. The summed E-state index contributed by atoms with van der Waals surface area (Å²) in [6.07, 6.45) is 4.67. The fourth-order valence-corrected chi connectivity index (χ4v) is 1.04. The lowest BCUT2D eigenvalue weighted by atomic mass is 10.1. The predicted molar refractivity (Wildman–Crippen MR) is 47.2 cm³/mol. The molecule has 0 radical (unpaired) electrons. The number of carbonyl (C=O) groups excluding carboxylic acids is 1. The maximum atomic E-state index is 10.7. The van der Waals surface area contributed by atoms with Gasteiger partial charge in [0, 0.05) is 5.92 Å². The van der Waals surface area contributed by atoms with Gasteiger partial charge in [0.05, 0.1) is 0 Å². The molecular formula is C8H15BrO. The summed E-state index contributed by atoms with van der Waals surface area (Å²) in [6, 6.07) is 0. The van der Waals surface area contributed by atoms with Gasteiger partial charge >= 0.3 is 0 Å². The Labute approximate surface area is 71.3 Å². The fraction of sp³-hybridized carbons (Fsp3) is 0.875. The molecule has 0 aliphatic heterocycles. The van der Waals surface area contributed by atoms with E-state index in [1.165, 1.54) is 19.3 Å². The maximum absolute atomic E-state index is 10.7. The highest BCUT2D eigenvalue weighted by Gasteiger charge is 2.07. The molecule has 10 heavy (non-hydrogen) atoms. The Morgan fingerprint density at radius 2 is 2.10 bits per heavy atom. The smallest absolute Gasteiger partial charge is 0.200 e. The third-order valence-corrected chi connectivity index (χ3v) is 2.41. The molecule has 1 atom stereocenters. The minimum atomic E-state index is 0.142. The molecule has 0 amide bonds. The first-order chi connectivity index (χ1) is 4.68. The summed E-state index contributed by atoms with van der Waals surface area (Å²) in [5.74, 6) is 0.201. The van der Waals surface area contributed by atoms with Crippen molar-refractivity contribution in [3.05, 3.63) is 0 Å². The standard InChI is InChI=1S/C8H15BrO/c1-3-4-5-6-7(2)8(9)10/h7H,3-6H2,1-2H3. The van der Waals surface area contributed by atoms with E-state index in [2.05, 4.69) is 22.9 Å². The van der Waals surface area contributed by atoms with Gasteiger partial charge in [-0.15, -0.1) is 0 Å². The highest BCUT2D eigenvalue weighted by molar-refractivity contribution is 9.18. The van der Waals surface area contributed by atoms with Crippen molar-refractivity contribution in [1.82, 2.24) is 0 Å². The number of unbranched alkanes of at least 4 members (excludes halogenated alkanes) is 2. The van der Waals surface area contributed by atoms with Gasteiger partial charge in [0.1, 0.15) is 0 Å². The first-order valence-electron chi connectivity index (χ1n) is 3.87. The second-order valence-electron chi connectivity index (χ2n) is 2.70. The summed E-state index contributed by atoms with van der Waals surface area (Å²) in [7, 11) is 0. The van der Waals surface area contributed by atoms with E-state index in [0.717, 1.165) is 6.42 Å². The SMILES string of the molecule is CCCCCC(C)C(=O)Br. The van der Waals surface area contributed by atoms with Gasteiger partial charge in [-0.05, 0) is 22.4 Å². The third kappa shape index (κ3) is 4.98. The molecule has 0 aromatic rings. The van der Waals surface area contributed by atoms with Crippen LogP contribution in [0.3, 0.4) is 0 Å². The van der Waals surface area contributed by atoms with Gasteiger partial charge in [-0.1, -0.05) is 33.1 Å². The first-order valence-corrected chi connectivity index (χ1v) is 4.67. The molecule has 0 aromatic heterocycles. The van der Waals surface area contributed by atoms with Crippen LogP contribution in [0.15, 0.2) is 0 Å². The van der Waals surface area contributed by atoms with Crippen molar-refractivity contribution in [1.29, 1.82) is 0 Å². The van der Waals surface area contributed by atoms with E-state index < -0.39 is 0 Å². The number of rotatable bonds is 5. The summed E-state index contributed by atoms with van der Waals surface area (Å²) in [4.78, 5) is 10.7. The van der Waals surface area contributed by atoms with Crippen molar-refractivity contribution in [2.45, 2.75) is 39.5 Å². The van der Waals surface area contributed by atoms with Crippen molar-refractivity contribution in [3.8, 4) is 0 Å². The quantitative estimate of drug-likeness (QED) is 0.500. The third-order valence-electron chi connectivity index (χ3n) is 1.63. The van der Waals surface area contributed by atoms with Crippen molar-refractivity contribution in [2.75, 3.05) is 0 Å². The number of carbonyl (C=O) groups is 1. The maximum Gasteiger partial charge on any atom is 0.200 e. The minimum Gasteiger partial charge on any atom is -0.286 e. The van der Waals surface area contributed by atoms with Gasteiger partial charge in [0.2, 0.25) is 4.69 Å². The number of halogens is 1. The van der Waals surface area contributed by atoms with Gasteiger partial charge in [-0.25, -0.2) is 0 Å².